The average molecular weight is 331 g/mol. The van der Waals surface area contributed by atoms with Crippen LogP contribution in [0, 0.1) is 0 Å². The lowest BCUT2D eigenvalue weighted by Crippen LogP contribution is -2.40. The quantitative estimate of drug-likeness (QED) is 0.749. The van der Waals surface area contributed by atoms with Crippen molar-refractivity contribution < 1.29 is 19.2 Å². The number of carboxylic acids is 1. The van der Waals surface area contributed by atoms with Gasteiger partial charge in [0.25, 0.3) is 0 Å². The third kappa shape index (κ3) is 3.93. The van der Waals surface area contributed by atoms with E-state index < -0.39 is 32.8 Å². The van der Waals surface area contributed by atoms with Crippen molar-refractivity contribution in [2.45, 2.75) is 26.6 Å². The van der Waals surface area contributed by atoms with Crippen molar-refractivity contribution in [1.82, 2.24) is 0 Å². The number of aliphatic carboxylic acids is 1. The highest BCUT2D eigenvalue weighted by molar-refractivity contribution is 7.88. The molecular formula is C10H12Cl2O4S2. The Morgan fingerprint density at radius 1 is 1.50 bits per heavy atom. The maximum absolute atomic E-state index is 12.3. The molecule has 0 saturated carbocycles. The fraction of sp³-hybridized carbons (Fsp3) is 0.500. The van der Waals surface area contributed by atoms with Crippen LogP contribution in [-0.2, 0) is 15.6 Å². The molecule has 1 aromatic heterocycles. The van der Waals surface area contributed by atoms with Gasteiger partial charge in [-0.15, -0.1) is 34.5 Å². The normalized spacial score (nSPS) is 17.9. The van der Waals surface area contributed by atoms with E-state index in [1.54, 1.807) is 17.5 Å². The lowest BCUT2D eigenvalue weighted by Gasteiger charge is -2.22. The lowest BCUT2D eigenvalue weighted by atomic mass is 10.2. The van der Waals surface area contributed by atoms with Gasteiger partial charge in [-0.05, 0) is 17.9 Å². The van der Waals surface area contributed by atoms with Crippen LogP contribution >= 0.6 is 34.5 Å². The number of carbonyl (C=O) groups is 1. The summed E-state index contributed by atoms with van der Waals surface area (Å²) in [6.07, 6.45) is 0.139. The molecule has 0 bridgehead atoms. The van der Waals surface area contributed by atoms with Crippen molar-refractivity contribution >= 4 is 51.3 Å². The zero-order chi connectivity index (χ0) is 13.7. The van der Waals surface area contributed by atoms with Crippen LogP contribution in [0.2, 0.25) is 0 Å². The van der Waals surface area contributed by atoms with Gasteiger partial charge >= 0.3 is 5.97 Å². The summed E-state index contributed by atoms with van der Waals surface area (Å²) >= 11 is 13.0. The Balaban J connectivity index is 2.96. The van der Waals surface area contributed by atoms with E-state index in [9.17, 15) is 9.00 Å². The third-order valence-electron chi connectivity index (χ3n) is 2.23. The summed E-state index contributed by atoms with van der Waals surface area (Å²) in [4.78, 5) is 10.9. The zero-order valence-corrected chi connectivity index (χ0v) is 12.3. The van der Waals surface area contributed by atoms with Gasteiger partial charge in [-0.3, -0.25) is 9.00 Å². The molecule has 1 aromatic rings. The summed E-state index contributed by atoms with van der Waals surface area (Å²) in [6.45, 7) is -0.213. The second kappa shape index (κ2) is 7.45. The number of alkyl halides is 2. The van der Waals surface area contributed by atoms with Crippen LogP contribution in [0.3, 0.4) is 0 Å². The van der Waals surface area contributed by atoms with Crippen LogP contribution in [0.25, 0.3) is 0 Å². The van der Waals surface area contributed by atoms with Crippen LogP contribution < -0.4 is 0 Å². The molecule has 4 atom stereocenters. The topological polar surface area (TPSA) is 74.6 Å². The van der Waals surface area contributed by atoms with Crippen molar-refractivity contribution in [3.05, 3.63) is 17.5 Å². The highest BCUT2D eigenvalue weighted by Gasteiger charge is 2.37. The molecule has 2 N–H and O–H groups in total. The third-order valence-corrected chi connectivity index (χ3v) is 6.54. The van der Waals surface area contributed by atoms with Crippen LogP contribution in [-0.4, -0.2) is 43.0 Å². The fourth-order valence-corrected chi connectivity index (χ4v) is 4.97. The number of aliphatic hydroxyl groups excluding tert-OH is 1. The average Bonchev–Trinajstić information content (AvgIpc) is 2.82. The Labute approximate surface area is 121 Å². The zero-order valence-electron chi connectivity index (χ0n) is 9.16. The monoisotopic (exact) mass is 330 g/mol. The van der Waals surface area contributed by atoms with Crippen molar-refractivity contribution in [2.24, 2.45) is 0 Å². The van der Waals surface area contributed by atoms with Crippen LogP contribution in [0.15, 0.2) is 21.7 Å². The van der Waals surface area contributed by atoms with E-state index in [1.165, 1.54) is 11.3 Å². The first-order valence-electron chi connectivity index (χ1n) is 5.05. The van der Waals surface area contributed by atoms with Crippen molar-refractivity contribution in [3.63, 3.8) is 0 Å². The summed E-state index contributed by atoms with van der Waals surface area (Å²) in [7, 11) is -1.61. The van der Waals surface area contributed by atoms with Gasteiger partial charge in [0.2, 0.25) is 0 Å². The number of aliphatic hydroxyl groups is 1. The smallest absolute Gasteiger partial charge is 0.322 e. The molecule has 1 rings (SSSR count). The molecule has 0 saturated heterocycles. The molecule has 0 spiro atoms. The maximum Gasteiger partial charge on any atom is 0.322 e. The number of carboxylic acid groups (broad SMARTS) is 1. The minimum Gasteiger partial charge on any atom is -0.480 e. The molecule has 8 heteroatoms. The van der Waals surface area contributed by atoms with Gasteiger partial charge in [0.15, 0.2) is 0 Å². The van der Waals surface area contributed by atoms with E-state index in [2.05, 4.69) is 0 Å². The molecular weight excluding hydrogens is 319 g/mol. The predicted octanol–water partition coefficient (Wildman–Crippen LogP) is 1.91. The Hall–Kier alpha value is -0.140. The minimum absolute atomic E-state index is 0.139. The molecule has 0 aliphatic heterocycles. The van der Waals surface area contributed by atoms with Crippen molar-refractivity contribution in [3.8, 4) is 0 Å². The molecule has 0 aliphatic rings. The Kier molecular flexibility index (Phi) is 6.59. The summed E-state index contributed by atoms with van der Waals surface area (Å²) < 4.78 is 12.8. The fourth-order valence-electron chi connectivity index (χ4n) is 1.37. The largest absolute Gasteiger partial charge is 0.480 e. The van der Waals surface area contributed by atoms with Crippen LogP contribution in [0.4, 0.5) is 0 Å². The Morgan fingerprint density at radius 2 is 2.17 bits per heavy atom. The first kappa shape index (κ1) is 15.9. The maximum atomic E-state index is 12.3. The highest BCUT2D eigenvalue weighted by Crippen LogP contribution is 2.27. The lowest BCUT2D eigenvalue weighted by molar-refractivity contribution is -0.136. The van der Waals surface area contributed by atoms with E-state index in [-0.39, 0.29) is 13.0 Å². The second-order valence-electron chi connectivity index (χ2n) is 3.46. The van der Waals surface area contributed by atoms with Gasteiger partial charge in [-0.1, -0.05) is 6.07 Å². The van der Waals surface area contributed by atoms with E-state index in [0.29, 0.717) is 4.21 Å². The van der Waals surface area contributed by atoms with Gasteiger partial charge in [0.1, 0.15) is 5.38 Å². The summed E-state index contributed by atoms with van der Waals surface area (Å²) in [5, 5.41) is 16.4. The van der Waals surface area contributed by atoms with Gasteiger partial charge < -0.3 is 10.2 Å². The van der Waals surface area contributed by atoms with Crippen LogP contribution in [0.5, 0.6) is 0 Å². The molecule has 0 aromatic carbocycles. The molecule has 102 valence electrons. The molecule has 0 amide bonds. The highest BCUT2D eigenvalue weighted by atomic mass is 35.5. The van der Waals surface area contributed by atoms with Crippen molar-refractivity contribution in [1.29, 1.82) is 0 Å². The molecule has 18 heavy (non-hydrogen) atoms. The number of hydrogen-bond donors (Lipinski definition) is 2. The SMILES string of the molecule is O=C(O)C(Cl)C(C(Cl)CCO)S(=O)c1cccs1. The van der Waals surface area contributed by atoms with Gasteiger partial charge in [0.05, 0.1) is 25.6 Å². The molecule has 0 fully saturated rings. The first-order valence-corrected chi connectivity index (χ1v) is 8.01. The number of thiophene rings is 1. The number of halogens is 2. The van der Waals surface area contributed by atoms with Gasteiger partial charge in [-0.2, -0.15) is 0 Å². The molecule has 0 aliphatic carbocycles. The van der Waals surface area contributed by atoms with Gasteiger partial charge in [-0.25, -0.2) is 0 Å². The van der Waals surface area contributed by atoms with Gasteiger partial charge in [0, 0.05) is 6.61 Å². The van der Waals surface area contributed by atoms with E-state index in [1.807, 2.05) is 0 Å². The Bertz CT molecular complexity index is 410. The molecule has 1 heterocycles. The van der Waals surface area contributed by atoms with Crippen molar-refractivity contribution in [2.75, 3.05) is 6.61 Å². The summed E-state index contributed by atoms with van der Waals surface area (Å²) in [5.74, 6) is -1.27. The summed E-state index contributed by atoms with van der Waals surface area (Å²) in [6, 6.07) is 3.36. The predicted molar refractivity (Wildman–Crippen MR) is 73.1 cm³/mol. The standard InChI is InChI=1S/C10H12Cl2O4S2/c11-6(3-4-13)9(8(12)10(14)15)18(16)7-2-1-5-17-7/h1-2,5-6,8-9,13H,3-4H2,(H,14,15). The minimum atomic E-state index is -1.61. The molecule has 4 unspecified atom stereocenters. The van der Waals surface area contributed by atoms with E-state index >= 15 is 0 Å². The van der Waals surface area contributed by atoms with E-state index in [0.717, 1.165) is 0 Å². The number of hydrogen-bond acceptors (Lipinski definition) is 4. The summed E-state index contributed by atoms with van der Waals surface area (Å²) in [5.41, 5.74) is 0. The number of rotatable bonds is 7. The second-order valence-corrected chi connectivity index (χ2v) is 7.28. The first-order chi connectivity index (χ1) is 8.49. The molecule has 4 nitrogen and oxygen atoms in total. The van der Waals surface area contributed by atoms with E-state index in [4.69, 9.17) is 33.4 Å². The Morgan fingerprint density at radius 3 is 2.61 bits per heavy atom. The molecule has 0 radical (unpaired) electrons. The van der Waals surface area contributed by atoms with Crippen LogP contribution in [0.1, 0.15) is 6.42 Å².